The Labute approximate surface area is 89.8 Å². The Bertz CT molecular complexity index is 310. The fourth-order valence-corrected chi connectivity index (χ4v) is 2.45. The molecule has 1 aliphatic carbocycles. The molecule has 2 aliphatic rings. The summed E-state index contributed by atoms with van der Waals surface area (Å²) in [6.07, 6.45) is 2.64. The lowest BCUT2D eigenvalue weighted by Gasteiger charge is -2.23. The van der Waals surface area contributed by atoms with Gasteiger partial charge in [0.15, 0.2) is 0 Å². The topological polar surface area (TPSA) is 63.4 Å². The number of likely N-dealkylation sites (tertiary alicyclic amines) is 1. The van der Waals surface area contributed by atoms with E-state index >= 15 is 0 Å². The predicted octanol–water partition coefficient (Wildman–Crippen LogP) is 0.651. The van der Waals surface area contributed by atoms with Crippen LogP contribution < -0.4 is 5.73 Å². The fraction of sp³-hybridized carbons (Fsp3) is 0.818. The second-order valence-corrected chi connectivity index (χ2v) is 4.70. The second kappa shape index (κ2) is 3.30. The molecule has 1 heterocycles. The van der Waals surface area contributed by atoms with E-state index < -0.39 is 5.41 Å². The monoisotopic (exact) mass is 210 g/mol. The number of nitrogens with zero attached hydrogens (tertiary/aromatic N) is 1. The minimum atomic E-state index is -0.431. The van der Waals surface area contributed by atoms with Crippen molar-refractivity contribution in [3.63, 3.8) is 0 Å². The Balaban J connectivity index is 2.22. The number of carbonyl (C=O) groups excluding carboxylic acids is 2. The van der Waals surface area contributed by atoms with Crippen LogP contribution in [0.15, 0.2) is 0 Å². The predicted molar refractivity (Wildman–Crippen MR) is 55.9 cm³/mol. The summed E-state index contributed by atoms with van der Waals surface area (Å²) in [5, 5.41) is 0. The van der Waals surface area contributed by atoms with E-state index in [1.807, 2.05) is 13.8 Å². The Morgan fingerprint density at radius 1 is 1.40 bits per heavy atom. The van der Waals surface area contributed by atoms with E-state index in [0.29, 0.717) is 6.42 Å². The van der Waals surface area contributed by atoms with Crippen molar-refractivity contribution in [1.29, 1.82) is 0 Å². The van der Waals surface area contributed by atoms with Gasteiger partial charge in [-0.05, 0) is 19.3 Å². The minimum Gasteiger partial charge on any atom is -0.326 e. The standard InChI is InChI=1S/C11H18N2O2/c1-3-11(4-2)6-9(14)13(10(11)15)8-5-7(8)12/h7-8H,3-6,12H2,1-2H3. The third-order valence-corrected chi connectivity index (χ3v) is 3.92. The molecule has 0 aromatic rings. The number of amides is 2. The van der Waals surface area contributed by atoms with Gasteiger partial charge in [0, 0.05) is 12.5 Å². The highest BCUT2D eigenvalue weighted by molar-refractivity contribution is 6.06. The van der Waals surface area contributed by atoms with Gasteiger partial charge in [0.05, 0.1) is 11.5 Å². The SMILES string of the molecule is CCC1(CC)CC(=O)N(C2CC2N)C1=O. The Morgan fingerprint density at radius 3 is 2.27 bits per heavy atom. The van der Waals surface area contributed by atoms with Crippen molar-refractivity contribution >= 4 is 11.8 Å². The minimum absolute atomic E-state index is 0.00928. The number of nitrogens with two attached hydrogens (primary N) is 1. The van der Waals surface area contributed by atoms with Crippen molar-refractivity contribution in [3.05, 3.63) is 0 Å². The molecule has 0 radical (unpaired) electrons. The molecular formula is C11H18N2O2. The Hall–Kier alpha value is -0.900. The molecule has 0 bridgehead atoms. The van der Waals surface area contributed by atoms with Gasteiger partial charge in [0.25, 0.3) is 0 Å². The fourth-order valence-electron chi connectivity index (χ4n) is 2.45. The average Bonchev–Trinajstić information content (AvgIpc) is 2.85. The largest absolute Gasteiger partial charge is 0.326 e. The summed E-state index contributed by atoms with van der Waals surface area (Å²) in [7, 11) is 0. The summed E-state index contributed by atoms with van der Waals surface area (Å²) >= 11 is 0. The van der Waals surface area contributed by atoms with Crippen LogP contribution in [-0.4, -0.2) is 28.8 Å². The first-order valence-electron chi connectivity index (χ1n) is 5.68. The lowest BCUT2D eigenvalue weighted by Crippen LogP contribution is -2.38. The quantitative estimate of drug-likeness (QED) is 0.696. The zero-order valence-electron chi connectivity index (χ0n) is 9.32. The van der Waals surface area contributed by atoms with Gasteiger partial charge < -0.3 is 5.73 Å². The Morgan fingerprint density at radius 2 is 1.93 bits per heavy atom. The van der Waals surface area contributed by atoms with Gasteiger partial charge in [0.2, 0.25) is 11.8 Å². The number of carbonyl (C=O) groups is 2. The first-order valence-corrected chi connectivity index (χ1v) is 5.68. The van der Waals surface area contributed by atoms with Crippen LogP contribution in [-0.2, 0) is 9.59 Å². The third-order valence-electron chi connectivity index (χ3n) is 3.92. The molecule has 4 nitrogen and oxygen atoms in total. The number of rotatable bonds is 3. The van der Waals surface area contributed by atoms with Crippen LogP contribution in [0.25, 0.3) is 0 Å². The van der Waals surface area contributed by atoms with E-state index in [0.717, 1.165) is 19.3 Å². The third kappa shape index (κ3) is 1.39. The lowest BCUT2D eigenvalue weighted by molar-refractivity contribution is -0.142. The van der Waals surface area contributed by atoms with E-state index in [2.05, 4.69) is 0 Å². The summed E-state index contributed by atoms with van der Waals surface area (Å²) in [5.41, 5.74) is 5.26. The molecule has 2 atom stereocenters. The zero-order chi connectivity index (χ0) is 11.2. The van der Waals surface area contributed by atoms with Crippen molar-refractivity contribution in [2.75, 3.05) is 0 Å². The second-order valence-electron chi connectivity index (χ2n) is 4.70. The van der Waals surface area contributed by atoms with Crippen molar-refractivity contribution in [2.24, 2.45) is 11.1 Å². The molecule has 1 saturated heterocycles. The number of imide groups is 1. The molecule has 84 valence electrons. The molecule has 2 unspecified atom stereocenters. The molecule has 15 heavy (non-hydrogen) atoms. The summed E-state index contributed by atoms with van der Waals surface area (Å²) in [6.45, 7) is 3.95. The highest BCUT2D eigenvalue weighted by Crippen LogP contribution is 2.43. The summed E-state index contributed by atoms with van der Waals surface area (Å²) in [5.74, 6) is -0.0166. The molecular weight excluding hydrogens is 192 g/mol. The van der Waals surface area contributed by atoms with E-state index in [1.54, 1.807) is 0 Å². The van der Waals surface area contributed by atoms with Crippen LogP contribution in [0.2, 0.25) is 0 Å². The van der Waals surface area contributed by atoms with Crippen molar-refractivity contribution < 1.29 is 9.59 Å². The maximum atomic E-state index is 12.2. The molecule has 1 aliphatic heterocycles. The van der Waals surface area contributed by atoms with Gasteiger partial charge in [0.1, 0.15) is 0 Å². The van der Waals surface area contributed by atoms with Crippen LogP contribution in [0.1, 0.15) is 39.5 Å². The molecule has 2 N–H and O–H groups in total. The van der Waals surface area contributed by atoms with E-state index in [9.17, 15) is 9.59 Å². The first-order chi connectivity index (χ1) is 7.05. The van der Waals surface area contributed by atoms with Crippen molar-refractivity contribution in [3.8, 4) is 0 Å². The van der Waals surface area contributed by atoms with Gasteiger partial charge in [-0.1, -0.05) is 13.8 Å². The van der Waals surface area contributed by atoms with Crippen LogP contribution in [0.4, 0.5) is 0 Å². The normalized spacial score (nSPS) is 33.7. The molecule has 0 aromatic heterocycles. The van der Waals surface area contributed by atoms with E-state index in [1.165, 1.54) is 4.90 Å². The maximum absolute atomic E-state index is 12.2. The van der Waals surface area contributed by atoms with Crippen LogP contribution in [0, 0.1) is 5.41 Å². The van der Waals surface area contributed by atoms with Gasteiger partial charge in [-0.25, -0.2) is 0 Å². The first kappa shape index (κ1) is 10.6. The molecule has 2 fully saturated rings. The molecule has 0 spiro atoms. The summed E-state index contributed by atoms with van der Waals surface area (Å²) in [4.78, 5) is 25.4. The molecule has 2 rings (SSSR count). The van der Waals surface area contributed by atoms with Crippen molar-refractivity contribution in [1.82, 2.24) is 4.90 Å². The van der Waals surface area contributed by atoms with E-state index in [4.69, 9.17) is 5.73 Å². The van der Waals surface area contributed by atoms with Crippen LogP contribution >= 0.6 is 0 Å². The van der Waals surface area contributed by atoms with E-state index in [-0.39, 0.29) is 23.9 Å². The lowest BCUT2D eigenvalue weighted by atomic mass is 9.81. The van der Waals surface area contributed by atoms with Crippen LogP contribution in [0.3, 0.4) is 0 Å². The van der Waals surface area contributed by atoms with Gasteiger partial charge in [-0.2, -0.15) is 0 Å². The highest BCUT2D eigenvalue weighted by Gasteiger charge is 2.55. The molecule has 2 amide bonds. The van der Waals surface area contributed by atoms with Crippen molar-refractivity contribution in [2.45, 2.75) is 51.6 Å². The smallest absolute Gasteiger partial charge is 0.236 e. The summed E-state index contributed by atoms with van der Waals surface area (Å²) < 4.78 is 0. The van der Waals surface area contributed by atoms with Gasteiger partial charge in [-0.3, -0.25) is 14.5 Å². The highest BCUT2D eigenvalue weighted by atomic mass is 16.2. The maximum Gasteiger partial charge on any atom is 0.236 e. The van der Waals surface area contributed by atoms with Crippen LogP contribution in [0.5, 0.6) is 0 Å². The average molecular weight is 210 g/mol. The van der Waals surface area contributed by atoms with Gasteiger partial charge >= 0.3 is 0 Å². The molecule has 0 aromatic carbocycles. The Kier molecular flexibility index (Phi) is 2.34. The number of hydrogen-bond donors (Lipinski definition) is 1. The molecule has 1 saturated carbocycles. The molecule has 4 heteroatoms. The zero-order valence-corrected chi connectivity index (χ0v) is 9.32. The number of hydrogen-bond acceptors (Lipinski definition) is 3. The van der Waals surface area contributed by atoms with Gasteiger partial charge in [-0.15, -0.1) is 0 Å². The summed E-state index contributed by atoms with van der Waals surface area (Å²) in [6, 6.07) is 0.00684.